The first kappa shape index (κ1) is 28.8. The SMILES string of the molecule is C=CCNn1cc(C(=C)NCc2c(F)cc(F)cc2F)c(=O)c(OCc2ccccc2)c1C(=O)NC(C)C=C. The number of carbonyl (C=O) groups is 1. The van der Waals surface area contributed by atoms with Crippen LogP contribution in [0.5, 0.6) is 5.75 Å². The second-order valence-corrected chi connectivity index (χ2v) is 8.52. The third-order valence-corrected chi connectivity index (χ3v) is 5.63. The molecule has 3 aromatic rings. The predicted molar refractivity (Wildman–Crippen MR) is 145 cm³/mol. The molecule has 0 fully saturated rings. The topological polar surface area (TPSA) is 84.4 Å². The quantitative estimate of drug-likeness (QED) is 0.276. The summed E-state index contributed by atoms with van der Waals surface area (Å²) >= 11 is 0. The summed E-state index contributed by atoms with van der Waals surface area (Å²) in [6, 6.07) is 9.72. The van der Waals surface area contributed by atoms with Crippen molar-refractivity contribution in [2.45, 2.75) is 26.1 Å². The third kappa shape index (κ3) is 7.19. The van der Waals surface area contributed by atoms with Gasteiger partial charge in [-0.1, -0.05) is 49.1 Å². The number of pyridine rings is 1. The van der Waals surface area contributed by atoms with Gasteiger partial charge in [-0.3, -0.25) is 14.3 Å². The van der Waals surface area contributed by atoms with Gasteiger partial charge in [-0.15, -0.1) is 13.2 Å². The number of ether oxygens (including phenoxy) is 1. The monoisotopic (exact) mass is 538 g/mol. The molecule has 3 N–H and O–H groups in total. The highest BCUT2D eigenvalue weighted by atomic mass is 19.1. The Labute approximate surface area is 224 Å². The van der Waals surface area contributed by atoms with Crippen molar-refractivity contribution in [1.29, 1.82) is 0 Å². The van der Waals surface area contributed by atoms with Crippen LogP contribution in [0.15, 0.2) is 85.3 Å². The van der Waals surface area contributed by atoms with Crippen LogP contribution < -0.4 is 26.2 Å². The zero-order valence-corrected chi connectivity index (χ0v) is 21.4. The van der Waals surface area contributed by atoms with Gasteiger partial charge in [0.2, 0.25) is 5.43 Å². The highest BCUT2D eigenvalue weighted by molar-refractivity contribution is 5.96. The molecule has 0 spiro atoms. The molecule has 39 heavy (non-hydrogen) atoms. The number of aromatic nitrogens is 1. The Morgan fingerprint density at radius 3 is 2.41 bits per heavy atom. The van der Waals surface area contributed by atoms with E-state index in [1.54, 1.807) is 37.3 Å². The van der Waals surface area contributed by atoms with E-state index >= 15 is 0 Å². The summed E-state index contributed by atoms with van der Waals surface area (Å²) in [5, 5.41) is 5.43. The number of nitrogens with zero attached hydrogens (tertiary/aromatic N) is 1. The molecule has 0 bridgehead atoms. The van der Waals surface area contributed by atoms with Gasteiger partial charge in [0.05, 0.1) is 5.56 Å². The van der Waals surface area contributed by atoms with Gasteiger partial charge < -0.3 is 20.8 Å². The standard InChI is InChI=1S/C29H29F3N4O3/c1-5-12-34-36-16-23(19(4)33-15-22-24(31)13-21(30)14-25(22)32)27(37)28(26(36)29(38)35-18(3)6-2)39-17-20-10-8-7-9-11-20/h5-11,13-14,16,18,33-34H,1-2,4,12,15,17H2,3H3,(H,35,38). The van der Waals surface area contributed by atoms with Crippen molar-refractivity contribution in [2.75, 3.05) is 12.0 Å². The molecule has 1 aromatic heterocycles. The molecule has 0 saturated heterocycles. The molecule has 1 atom stereocenters. The second-order valence-electron chi connectivity index (χ2n) is 8.52. The lowest BCUT2D eigenvalue weighted by Gasteiger charge is -2.21. The van der Waals surface area contributed by atoms with Crippen LogP contribution in [-0.4, -0.2) is 23.2 Å². The summed E-state index contributed by atoms with van der Waals surface area (Å²) in [4.78, 5) is 26.9. The van der Waals surface area contributed by atoms with Crippen LogP contribution in [-0.2, 0) is 13.2 Å². The van der Waals surface area contributed by atoms with Crippen molar-refractivity contribution in [2.24, 2.45) is 0 Å². The fourth-order valence-electron chi connectivity index (χ4n) is 3.54. The van der Waals surface area contributed by atoms with Crippen molar-refractivity contribution in [3.05, 3.63) is 131 Å². The van der Waals surface area contributed by atoms with Crippen LogP contribution in [0.2, 0.25) is 0 Å². The van der Waals surface area contributed by atoms with Gasteiger partial charge in [0.1, 0.15) is 24.1 Å². The number of halogens is 3. The molecule has 1 unspecified atom stereocenters. The summed E-state index contributed by atoms with van der Waals surface area (Å²) in [6.45, 7) is 12.6. The summed E-state index contributed by atoms with van der Waals surface area (Å²) < 4.78 is 48.8. The van der Waals surface area contributed by atoms with Gasteiger partial charge in [-0.05, 0) is 12.5 Å². The smallest absolute Gasteiger partial charge is 0.274 e. The van der Waals surface area contributed by atoms with Crippen molar-refractivity contribution in [3.8, 4) is 5.75 Å². The number of rotatable bonds is 13. The van der Waals surface area contributed by atoms with Gasteiger partial charge in [-0.2, -0.15) is 0 Å². The Kier molecular flexibility index (Phi) is 9.75. The Morgan fingerprint density at radius 2 is 1.79 bits per heavy atom. The molecular formula is C29H29F3N4O3. The van der Waals surface area contributed by atoms with Gasteiger partial charge in [0.15, 0.2) is 11.4 Å². The van der Waals surface area contributed by atoms with Gasteiger partial charge in [-0.25, -0.2) is 13.2 Å². The van der Waals surface area contributed by atoms with Gasteiger partial charge >= 0.3 is 0 Å². The van der Waals surface area contributed by atoms with Gasteiger partial charge in [0.25, 0.3) is 5.91 Å². The second kappa shape index (κ2) is 13.2. The number of hydrogen-bond acceptors (Lipinski definition) is 5. The van der Waals surface area contributed by atoms with E-state index in [2.05, 4.69) is 35.8 Å². The average molecular weight is 539 g/mol. The number of amides is 1. The van der Waals surface area contributed by atoms with E-state index in [0.717, 1.165) is 5.56 Å². The molecular weight excluding hydrogens is 509 g/mol. The molecule has 0 saturated carbocycles. The third-order valence-electron chi connectivity index (χ3n) is 5.63. The van der Waals surface area contributed by atoms with E-state index in [-0.39, 0.29) is 35.9 Å². The Hall–Kier alpha value is -4.73. The molecule has 3 rings (SSSR count). The van der Waals surface area contributed by atoms with Crippen LogP contribution in [0.4, 0.5) is 13.2 Å². The molecule has 2 aromatic carbocycles. The average Bonchev–Trinajstić information content (AvgIpc) is 2.90. The number of benzene rings is 2. The van der Waals surface area contributed by atoms with Gasteiger partial charge in [0, 0.05) is 48.7 Å². The molecule has 204 valence electrons. The van der Waals surface area contributed by atoms with Crippen LogP contribution in [0.3, 0.4) is 0 Å². The van der Waals surface area contributed by atoms with Crippen molar-refractivity contribution < 1.29 is 22.7 Å². The Balaban J connectivity index is 2.06. The molecule has 0 aliphatic heterocycles. The van der Waals surface area contributed by atoms with Crippen LogP contribution in [0.25, 0.3) is 5.70 Å². The van der Waals surface area contributed by atoms with Crippen LogP contribution in [0, 0.1) is 17.5 Å². The Morgan fingerprint density at radius 1 is 1.13 bits per heavy atom. The minimum atomic E-state index is -1.09. The summed E-state index contributed by atoms with van der Waals surface area (Å²) in [6.07, 6.45) is 4.39. The Bertz CT molecular complexity index is 1410. The summed E-state index contributed by atoms with van der Waals surface area (Å²) in [7, 11) is 0. The first-order valence-corrected chi connectivity index (χ1v) is 12.0. The van der Waals surface area contributed by atoms with E-state index in [0.29, 0.717) is 12.1 Å². The van der Waals surface area contributed by atoms with E-state index in [9.17, 15) is 22.8 Å². The number of nitrogens with one attached hydrogen (secondary N) is 3. The first-order chi connectivity index (χ1) is 18.7. The van der Waals surface area contributed by atoms with Crippen LogP contribution >= 0.6 is 0 Å². The summed E-state index contributed by atoms with van der Waals surface area (Å²) in [5.74, 6) is -4.12. The molecule has 10 heteroatoms. The maximum Gasteiger partial charge on any atom is 0.274 e. The lowest BCUT2D eigenvalue weighted by atomic mass is 10.1. The molecule has 7 nitrogen and oxygen atoms in total. The van der Waals surface area contributed by atoms with Crippen LogP contribution in [0.1, 0.15) is 34.1 Å². The molecule has 1 amide bonds. The summed E-state index contributed by atoms with van der Waals surface area (Å²) in [5.41, 5.74) is 2.43. The van der Waals surface area contributed by atoms with E-state index in [1.807, 2.05) is 6.07 Å². The molecule has 0 aliphatic rings. The van der Waals surface area contributed by atoms with Crippen molar-refractivity contribution in [3.63, 3.8) is 0 Å². The maximum absolute atomic E-state index is 14.1. The number of carbonyl (C=O) groups excluding carboxylic acids is 1. The minimum Gasteiger partial charge on any atom is -0.482 e. The molecule has 0 aliphatic carbocycles. The van der Waals surface area contributed by atoms with E-state index < -0.39 is 46.9 Å². The predicted octanol–water partition coefficient (Wildman–Crippen LogP) is 4.64. The van der Waals surface area contributed by atoms with E-state index in [1.165, 1.54) is 16.9 Å². The minimum absolute atomic E-state index is 0.00624. The number of hydrogen-bond donors (Lipinski definition) is 3. The zero-order chi connectivity index (χ0) is 28.5. The fraction of sp³-hybridized carbons (Fsp3) is 0.172. The highest BCUT2D eigenvalue weighted by Gasteiger charge is 2.25. The zero-order valence-electron chi connectivity index (χ0n) is 21.4. The molecule has 1 heterocycles. The molecule has 0 radical (unpaired) electrons. The normalized spacial score (nSPS) is 11.3. The maximum atomic E-state index is 14.1. The lowest BCUT2D eigenvalue weighted by Crippen LogP contribution is -2.37. The van der Waals surface area contributed by atoms with E-state index in [4.69, 9.17) is 4.74 Å². The van der Waals surface area contributed by atoms with Crippen molar-refractivity contribution >= 4 is 11.6 Å². The first-order valence-electron chi connectivity index (χ1n) is 12.0. The lowest BCUT2D eigenvalue weighted by molar-refractivity contribution is 0.0932. The largest absolute Gasteiger partial charge is 0.482 e. The highest BCUT2D eigenvalue weighted by Crippen LogP contribution is 2.21. The fourth-order valence-corrected chi connectivity index (χ4v) is 3.54. The van der Waals surface area contributed by atoms with Crippen molar-refractivity contribution in [1.82, 2.24) is 15.3 Å².